The van der Waals surface area contributed by atoms with Gasteiger partial charge < -0.3 is 23.8 Å². The molecule has 1 unspecified atom stereocenters. The van der Waals surface area contributed by atoms with E-state index in [2.05, 4.69) is 19.9 Å². The maximum atomic E-state index is 13.0. The number of nitrogens with zero attached hydrogens (tertiary/aromatic N) is 4. The van der Waals surface area contributed by atoms with Gasteiger partial charge in [-0.1, -0.05) is 0 Å². The number of benzene rings is 1. The highest BCUT2D eigenvalue weighted by molar-refractivity contribution is 7.90. The number of anilines is 1. The van der Waals surface area contributed by atoms with Crippen LogP contribution >= 0.6 is 0 Å². The van der Waals surface area contributed by atoms with Gasteiger partial charge in [-0.3, -0.25) is 9.97 Å². The van der Waals surface area contributed by atoms with Gasteiger partial charge in [0.2, 0.25) is 0 Å². The number of ether oxygens (including phenoxy) is 2. The minimum Gasteiger partial charge on any atom is -0.609 e. The fourth-order valence-electron chi connectivity index (χ4n) is 3.87. The fourth-order valence-corrected chi connectivity index (χ4v) is 4.97. The van der Waals surface area contributed by atoms with Crippen LogP contribution in [0.4, 0.5) is 10.5 Å². The van der Waals surface area contributed by atoms with Gasteiger partial charge in [-0.2, -0.15) is 4.98 Å². The lowest BCUT2D eigenvalue weighted by atomic mass is 10.2. The van der Waals surface area contributed by atoms with Crippen molar-refractivity contribution in [3.8, 4) is 5.75 Å². The van der Waals surface area contributed by atoms with Crippen molar-refractivity contribution in [2.45, 2.75) is 44.2 Å². The number of imidazole rings is 1. The van der Waals surface area contributed by atoms with E-state index in [4.69, 9.17) is 9.47 Å². The van der Waals surface area contributed by atoms with Crippen LogP contribution in [0.15, 0.2) is 35.6 Å². The molecule has 1 atom stereocenters. The standard InChI is InChI=1S/C24H31N5O4S/c1-16-20(25-9-8-21(16)32-5)15-34(31)22-26-18-7-6-17(14-19(18)27-22)28-10-12-29(13-11-28)23(30)33-24(2,3)4/h6-9,14H,10-13,15H2,1-5H3,(H,26,27). The van der Waals surface area contributed by atoms with Crippen molar-refractivity contribution in [3.63, 3.8) is 0 Å². The number of fused-ring (bicyclic) bond motifs is 1. The molecule has 34 heavy (non-hydrogen) atoms. The van der Waals surface area contributed by atoms with Gasteiger partial charge in [0.05, 0.1) is 23.8 Å². The summed E-state index contributed by atoms with van der Waals surface area (Å²) in [7, 11) is 1.61. The van der Waals surface area contributed by atoms with E-state index in [0.717, 1.165) is 33.7 Å². The van der Waals surface area contributed by atoms with E-state index in [1.807, 2.05) is 45.9 Å². The van der Waals surface area contributed by atoms with Crippen LogP contribution in [0.3, 0.4) is 0 Å². The van der Waals surface area contributed by atoms with Crippen molar-refractivity contribution >= 4 is 34.0 Å². The van der Waals surface area contributed by atoms with E-state index in [0.29, 0.717) is 31.3 Å². The van der Waals surface area contributed by atoms with Gasteiger partial charge in [-0.05, 0) is 52.0 Å². The highest BCUT2D eigenvalue weighted by atomic mass is 32.2. The number of rotatable bonds is 5. The second-order valence-corrected chi connectivity index (χ2v) is 10.6. The van der Waals surface area contributed by atoms with Crippen LogP contribution in [-0.2, 0) is 21.7 Å². The molecule has 3 heterocycles. The molecule has 10 heteroatoms. The molecule has 1 aromatic carbocycles. The lowest BCUT2D eigenvalue weighted by Gasteiger charge is -2.36. The van der Waals surface area contributed by atoms with Crippen LogP contribution in [0.25, 0.3) is 11.0 Å². The summed E-state index contributed by atoms with van der Waals surface area (Å²) in [5.41, 5.74) is 3.70. The quantitative estimate of drug-likeness (QED) is 0.550. The summed E-state index contributed by atoms with van der Waals surface area (Å²) < 4.78 is 23.8. The monoisotopic (exact) mass is 485 g/mol. The van der Waals surface area contributed by atoms with E-state index in [9.17, 15) is 9.35 Å². The number of amides is 1. The number of aromatic amines is 1. The lowest BCUT2D eigenvalue weighted by Crippen LogP contribution is -2.50. The molecule has 1 fully saturated rings. The van der Waals surface area contributed by atoms with Crippen molar-refractivity contribution in [3.05, 3.63) is 41.7 Å². The number of piperazine rings is 1. The molecule has 0 aliphatic carbocycles. The largest absolute Gasteiger partial charge is 0.609 e. The minimum absolute atomic E-state index is 0.252. The number of hydrogen-bond donors (Lipinski definition) is 1. The van der Waals surface area contributed by atoms with E-state index in [1.54, 1.807) is 24.3 Å². The maximum absolute atomic E-state index is 13.0. The van der Waals surface area contributed by atoms with Crippen molar-refractivity contribution in [2.24, 2.45) is 0 Å². The molecule has 1 aliphatic heterocycles. The number of carbonyl (C=O) groups is 1. The first-order chi connectivity index (χ1) is 16.1. The normalized spacial score (nSPS) is 15.5. The topological polar surface area (TPSA) is 107 Å². The summed E-state index contributed by atoms with van der Waals surface area (Å²) in [5.74, 6) is 0.977. The number of hydrogen-bond acceptors (Lipinski definition) is 7. The Labute approximate surface area is 202 Å². The van der Waals surface area contributed by atoms with Crippen molar-refractivity contribution in [1.82, 2.24) is 19.9 Å². The molecular weight excluding hydrogens is 454 g/mol. The summed E-state index contributed by atoms with van der Waals surface area (Å²) in [6.45, 7) is 10.1. The van der Waals surface area contributed by atoms with Crippen molar-refractivity contribution in [2.75, 3.05) is 38.2 Å². The Morgan fingerprint density at radius 3 is 2.62 bits per heavy atom. The Hall–Kier alpha value is -2.98. The number of H-pyrrole nitrogens is 1. The average Bonchev–Trinajstić information content (AvgIpc) is 3.23. The first kappa shape index (κ1) is 24.2. The number of carbonyl (C=O) groups excluding carboxylic acids is 1. The van der Waals surface area contributed by atoms with Crippen LogP contribution in [-0.4, -0.2) is 69.4 Å². The molecule has 0 radical (unpaired) electrons. The molecule has 4 rings (SSSR count). The van der Waals surface area contributed by atoms with Crippen molar-refractivity contribution < 1.29 is 18.8 Å². The molecule has 2 aromatic heterocycles. The van der Waals surface area contributed by atoms with Crippen LogP contribution in [0.1, 0.15) is 32.0 Å². The molecule has 0 saturated carbocycles. The first-order valence-electron chi connectivity index (χ1n) is 11.2. The molecular formula is C24H31N5O4S. The van der Waals surface area contributed by atoms with Gasteiger partial charge in [0, 0.05) is 54.8 Å². The number of aromatic nitrogens is 3. The Kier molecular flexibility index (Phi) is 6.90. The van der Waals surface area contributed by atoms with Gasteiger partial charge in [0.15, 0.2) is 5.75 Å². The zero-order chi connectivity index (χ0) is 24.5. The van der Waals surface area contributed by atoms with Gasteiger partial charge in [0.25, 0.3) is 0 Å². The zero-order valence-corrected chi connectivity index (χ0v) is 21.1. The van der Waals surface area contributed by atoms with Crippen LogP contribution in [0.2, 0.25) is 0 Å². The third kappa shape index (κ3) is 5.39. The molecule has 9 nitrogen and oxygen atoms in total. The second kappa shape index (κ2) is 9.71. The average molecular weight is 486 g/mol. The SMILES string of the molecule is COc1ccnc(C[S+]([O-])c2nc3cc(N4CCN(C(=O)OC(C)(C)C)CC4)ccc3[nH]2)c1C. The van der Waals surface area contributed by atoms with Gasteiger partial charge >= 0.3 is 11.2 Å². The third-order valence-corrected chi connectivity index (χ3v) is 6.86. The molecule has 3 aromatic rings. The van der Waals surface area contributed by atoms with Crippen LogP contribution in [0.5, 0.6) is 5.75 Å². The molecule has 182 valence electrons. The number of nitrogens with one attached hydrogen (secondary N) is 1. The molecule has 1 N–H and O–H groups in total. The summed E-state index contributed by atoms with van der Waals surface area (Å²) in [6, 6.07) is 7.75. The Morgan fingerprint density at radius 1 is 1.21 bits per heavy atom. The predicted octanol–water partition coefficient (Wildman–Crippen LogP) is 3.64. The predicted molar refractivity (Wildman–Crippen MR) is 132 cm³/mol. The van der Waals surface area contributed by atoms with Crippen LogP contribution in [0, 0.1) is 6.92 Å². The smallest absolute Gasteiger partial charge is 0.410 e. The van der Waals surface area contributed by atoms with E-state index in [-0.39, 0.29) is 11.8 Å². The minimum atomic E-state index is -1.37. The summed E-state index contributed by atoms with van der Waals surface area (Å²) >= 11 is -1.37. The highest BCUT2D eigenvalue weighted by Gasteiger charge is 2.26. The fraction of sp³-hybridized carbons (Fsp3) is 0.458. The number of pyridine rings is 1. The van der Waals surface area contributed by atoms with Crippen LogP contribution < -0.4 is 9.64 Å². The first-order valence-corrected chi connectivity index (χ1v) is 12.6. The molecule has 1 amide bonds. The molecule has 0 bridgehead atoms. The second-order valence-electron chi connectivity index (χ2n) is 9.27. The Bertz CT molecular complexity index is 1170. The number of methoxy groups -OCH3 is 1. The Morgan fingerprint density at radius 2 is 1.94 bits per heavy atom. The summed E-state index contributed by atoms with van der Waals surface area (Å²) in [5, 5.41) is 0.422. The van der Waals surface area contributed by atoms with E-state index >= 15 is 0 Å². The van der Waals surface area contributed by atoms with E-state index in [1.165, 1.54) is 0 Å². The molecule has 0 spiro atoms. The van der Waals surface area contributed by atoms with E-state index < -0.39 is 16.8 Å². The molecule has 1 aliphatic rings. The van der Waals surface area contributed by atoms with Gasteiger partial charge in [0.1, 0.15) is 11.4 Å². The maximum Gasteiger partial charge on any atom is 0.410 e. The third-order valence-electron chi connectivity index (χ3n) is 5.70. The zero-order valence-electron chi connectivity index (χ0n) is 20.3. The van der Waals surface area contributed by atoms with Gasteiger partial charge in [-0.15, -0.1) is 0 Å². The highest BCUT2D eigenvalue weighted by Crippen LogP contribution is 2.26. The van der Waals surface area contributed by atoms with Crippen molar-refractivity contribution in [1.29, 1.82) is 0 Å². The summed E-state index contributed by atoms with van der Waals surface area (Å²) in [4.78, 5) is 28.4. The van der Waals surface area contributed by atoms with Gasteiger partial charge in [-0.25, -0.2) is 4.79 Å². The summed E-state index contributed by atoms with van der Waals surface area (Å²) in [6.07, 6.45) is 1.38. The Balaban J connectivity index is 1.43. The molecule has 1 saturated heterocycles. The lowest BCUT2D eigenvalue weighted by molar-refractivity contribution is 0.0240.